The molecule has 0 radical (unpaired) electrons. The van der Waals surface area contributed by atoms with Gasteiger partial charge in [0, 0.05) is 4.47 Å². The van der Waals surface area contributed by atoms with Gasteiger partial charge in [-0.2, -0.15) is 0 Å². The Kier molecular flexibility index (Phi) is 4.45. The van der Waals surface area contributed by atoms with E-state index in [9.17, 15) is 9.59 Å². The Bertz CT molecular complexity index is 1070. The molecule has 6 heteroatoms. The average Bonchev–Trinajstić information content (AvgIpc) is 3.26. The molecule has 2 saturated heterocycles. The Morgan fingerprint density at radius 3 is 2.07 bits per heavy atom. The van der Waals surface area contributed by atoms with Crippen LogP contribution in [0.1, 0.15) is 11.6 Å². The molecule has 5 rings (SSSR count). The maximum absolute atomic E-state index is 13.4. The monoisotopic (exact) mass is 448 g/mol. The van der Waals surface area contributed by atoms with E-state index in [1.54, 1.807) is 17.2 Å². The molecule has 0 aromatic heterocycles. The lowest BCUT2D eigenvalue weighted by Gasteiger charge is -2.28. The SMILES string of the molecule is O=C1[C@@H]2[C@@H](c3cccc(Br)c3)N(c3ccccc3)O[C@H]2C(=O)N1c1ccccc1. The van der Waals surface area contributed by atoms with Crippen molar-refractivity contribution in [2.75, 3.05) is 9.96 Å². The summed E-state index contributed by atoms with van der Waals surface area (Å²) in [5.41, 5.74) is 2.28. The number of amides is 2. The molecule has 0 N–H and O–H groups in total. The number of imide groups is 1. The van der Waals surface area contributed by atoms with Crippen LogP contribution in [0.5, 0.6) is 0 Å². The highest BCUT2D eigenvalue weighted by molar-refractivity contribution is 9.10. The summed E-state index contributed by atoms with van der Waals surface area (Å²) < 4.78 is 0.906. The van der Waals surface area contributed by atoms with Crippen LogP contribution in [0.15, 0.2) is 89.4 Å². The number of rotatable bonds is 3. The van der Waals surface area contributed by atoms with Crippen molar-refractivity contribution in [3.8, 4) is 0 Å². The lowest BCUT2D eigenvalue weighted by Crippen LogP contribution is -2.37. The van der Waals surface area contributed by atoms with Crippen LogP contribution in [0.3, 0.4) is 0 Å². The van der Waals surface area contributed by atoms with Crippen molar-refractivity contribution in [2.24, 2.45) is 5.92 Å². The Labute approximate surface area is 176 Å². The second-order valence-corrected chi connectivity index (χ2v) is 7.98. The second-order valence-electron chi connectivity index (χ2n) is 7.06. The largest absolute Gasteiger partial charge is 0.273 e. The van der Waals surface area contributed by atoms with E-state index in [0.29, 0.717) is 5.69 Å². The van der Waals surface area contributed by atoms with Crippen molar-refractivity contribution in [3.05, 3.63) is 95.0 Å². The zero-order chi connectivity index (χ0) is 20.0. The van der Waals surface area contributed by atoms with Crippen molar-refractivity contribution in [2.45, 2.75) is 12.1 Å². The van der Waals surface area contributed by atoms with E-state index in [4.69, 9.17) is 4.84 Å². The zero-order valence-corrected chi connectivity index (χ0v) is 16.9. The van der Waals surface area contributed by atoms with Gasteiger partial charge in [0.1, 0.15) is 5.92 Å². The van der Waals surface area contributed by atoms with Gasteiger partial charge in [0.15, 0.2) is 6.10 Å². The second kappa shape index (κ2) is 7.13. The number of anilines is 2. The highest BCUT2D eigenvalue weighted by Gasteiger charge is 2.60. The number of nitrogens with zero attached hydrogens (tertiary/aromatic N) is 2. The molecule has 0 aliphatic carbocycles. The van der Waals surface area contributed by atoms with E-state index in [0.717, 1.165) is 15.7 Å². The summed E-state index contributed by atoms with van der Waals surface area (Å²) >= 11 is 3.51. The van der Waals surface area contributed by atoms with Crippen molar-refractivity contribution in [3.63, 3.8) is 0 Å². The quantitative estimate of drug-likeness (QED) is 0.553. The number of para-hydroxylation sites is 2. The van der Waals surface area contributed by atoms with Gasteiger partial charge in [0.05, 0.1) is 17.4 Å². The number of carbonyl (C=O) groups excluding carboxylic acids is 2. The van der Waals surface area contributed by atoms with E-state index < -0.39 is 18.1 Å². The van der Waals surface area contributed by atoms with E-state index in [-0.39, 0.29) is 11.8 Å². The van der Waals surface area contributed by atoms with Crippen LogP contribution in [0, 0.1) is 5.92 Å². The molecule has 2 amide bonds. The summed E-state index contributed by atoms with van der Waals surface area (Å²) in [7, 11) is 0. The minimum absolute atomic E-state index is 0.241. The van der Waals surface area contributed by atoms with Crippen molar-refractivity contribution < 1.29 is 14.4 Å². The van der Waals surface area contributed by atoms with Gasteiger partial charge >= 0.3 is 0 Å². The Morgan fingerprint density at radius 1 is 0.759 bits per heavy atom. The van der Waals surface area contributed by atoms with Gasteiger partial charge in [-0.05, 0) is 42.0 Å². The number of halogens is 1. The van der Waals surface area contributed by atoms with Crippen molar-refractivity contribution >= 4 is 39.1 Å². The molecule has 2 aliphatic heterocycles. The third-order valence-corrected chi connectivity index (χ3v) is 5.82. The number of hydrogen-bond acceptors (Lipinski definition) is 4. The Morgan fingerprint density at radius 2 is 1.41 bits per heavy atom. The molecule has 2 heterocycles. The number of benzene rings is 3. The van der Waals surface area contributed by atoms with Crippen LogP contribution in [-0.4, -0.2) is 17.9 Å². The molecule has 0 spiro atoms. The first kappa shape index (κ1) is 18.1. The number of fused-ring (bicyclic) bond motifs is 1. The topological polar surface area (TPSA) is 49.9 Å². The lowest BCUT2D eigenvalue weighted by atomic mass is 9.90. The Balaban J connectivity index is 1.60. The molecule has 144 valence electrons. The zero-order valence-electron chi connectivity index (χ0n) is 15.3. The summed E-state index contributed by atoms with van der Waals surface area (Å²) in [6.07, 6.45) is -0.855. The van der Waals surface area contributed by atoms with Crippen LogP contribution in [0.25, 0.3) is 0 Å². The molecule has 3 aromatic carbocycles. The summed E-state index contributed by atoms with van der Waals surface area (Å²) in [6, 6.07) is 25.9. The fourth-order valence-electron chi connectivity index (χ4n) is 4.07. The smallest absolute Gasteiger partial charge is 0.266 e. The third kappa shape index (κ3) is 2.96. The molecule has 0 unspecified atom stereocenters. The first-order valence-corrected chi connectivity index (χ1v) is 10.1. The number of carbonyl (C=O) groups is 2. The van der Waals surface area contributed by atoms with Crippen LogP contribution in [0.4, 0.5) is 11.4 Å². The van der Waals surface area contributed by atoms with Crippen LogP contribution in [0.2, 0.25) is 0 Å². The molecule has 29 heavy (non-hydrogen) atoms. The van der Waals surface area contributed by atoms with Gasteiger partial charge in [0.25, 0.3) is 5.91 Å². The maximum atomic E-state index is 13.4. The highest BCUT2D eigenvalue weighted by atomic mass is 79.9. The Hall–Kier alpha value is -2.96. The fraction of sp³-hybridized carbons (Fsp3) is 0.130. The van der Waals surface area contributed by atoms with Crippen LogP contribution >= 0.6 is 15.9 Å². The van der Waals surface area contributed by atoms with E-state index >= 15 is 0 Å². The molecule has 5 nitrogen and oxygen atoms in total. The molecule has 2 fully saturated rings. The molecule has 0 saturated carbocycles. The fourth-order valence-corrected chi connectivity index (χ4v) is 4.49. The van der Waals surface area contributed by atoms with Crippen molar-refractivity contribution in [1.82, 2.24) is 0 Å². The number of hydroxylamine groups is 1. The van der Waals surface area contributed by atoms with Gasteiger partial charge in [0.2, 0.25) is 5.91 Å². The molecular weight excluding hydrogens is 432 g/mol. The number of hydrogen-bond donors (Lipinski definition) is 0. The van der Waals surface area contributed by atoms with Gasteiger partial charge in [-0.1, -0.05) is 64.5 Å². The summed E-state index contributed by atoms with van der Waals surface area (Å²) in [5, 5.41) is 1.70. The summed E-state index contributed by atoms with van der Waals surface area (Å²) in [5.74, 6) is -1.20. The third-order valence-electron chi connectivity index (χ3n) is 5.33. The normalized spacial score (nSPS) is 23.6. The maximum Gasteiger partial charge on any atom is 0.266 e. The van der Waals surface area contributed by atoms with Crippen LogP contribution < -0.4 is 9.96 Å². The van der Waals surface area contributed by atoms with Gasteiger partial charge < -0.3 is 0 Å². The standard InChI is InChI=1S/C23H17BrN2O3/c24-16-9-7-8-15(14-16)20-19-21(29-26(20)18-12-5-2-6-13-18)23(28)25(22(19)27)17-10-3-1-4-11-17/h1-14,19-21H/t19-,20-,21-/m1/s1. The predicted octanol–water partition coefficient (Wildman–Crippen LogP) is 4.50. The summed E-state index contributed by atoms with van der Waals surface area (Å²) in [6.45, 7) is 0. The van der Waals surface area contributed by atoms with Gasteiger partial charge in [-0.15, -0.1) is 0 Å². The molecule has 0 bridgehead atoms. The van der Waals surface area contributed by atoms with Crippen molar-refractivity contribution in [1.29, 1.82) is 0 Å². The molecule has 3 aromatic rings. The first-order valence-electron chi connectivity index (χ1n) is 9.34. The average molecular weight is 449 g/mol. The highest BCUT2D eigenvalue weighted by Crippen LogP contribution is 2.47. The molecule has 2 aliphatic rings. The summed E-state index contributed by atoms with van der Waals surface area (Å²) in [4.78, 5) is 34.0. The van der Waals surface area contributed by atoms with E-state index in [1.807, 2.05) is 72.8 Å². The van der Waals surface area contributed by atoms with Gasteiger partial charge in [-0.25, -0.2) is 9.96 Å². The first-order chi connectivity index (χ1) is 14.1. The minimum atomic E-state index is -0.855. The lowest BCUT2D eigenvalue weighted by molar-refractivity contribution is -0.126. The van der Waals surface area contributed by atoms with Gasteiger partial charge in [-0.3, -0.25) is 14.4 Å². The van der Waals surface area contributed by atoms with E-state index in [2.05, 4.69) is 15.9 Å². The predicted molar refractivity (Wildman–Crippen MR) is 113 cm³/mol. The molecule has 3 atom stereocenters. The van der Waals surface area contributed by atoms with Crippen LogP contribution in [-0.2, 0) is 14.4 Å². The molecular formula is C23H17BrN2O3. The minimum Gasteiger partial charge on any atom is -0.273 e. The van der Waals surface area contributed by atoms with E-state index in [1.165, 1.54) is 4.90 Å².